The Kier molecular flexibility index (Phi) is 7.39. The number of ether oxygens (including phenoxy) is 1. The minimum absolute atomic E-state index is 0.103. The number of carbonyl (C=O) groups is 1. The zero-order valence-corrected chi connectivity index (χ0v) is 18.9. The summed E-state index contributed by atoms with van der Waals surface area (Å²) < 4.78 is 5.34. The van der Waals surface area contributed by atoms with Crippen LogP contribution in [0.2, 0.25) is 0 Å². The topological polar surface area (TPSA) is 41.6 Å². The molecule has 0 radical (unpaired) electrons. The predicted molar refractivity (Wildman–Crippen MR) is 119 cm³/mol. The molecule has 3 rings (SSSR count). The van der Waals surface area contributed by atoms with Crippen molar-refractivity contribution in [3.8, 4) is 0 Å². The van der Waals surface area contributed by atoms with Crippen molar-refractivity contribution in [2.75, 3.05) is 32.8 Å². The number of nitrogens with zero attached hydrogens (tertiary/aromatic N) is 1. The monoisotopic (exact) mass is 400 g/mol. The molecule has 1 saturated heterocycles. The van der Waals surface area contributed by atoms with E-state index < -0.39 is 0 Å². The summed E-state index contributed by atoms with van der Waals surface area (Å²) in [6, 6.07) is 8.99. The SMILES string of the molecule is CCOCCC(=O)N[C@@H]1CCC2(CCN(CCC(C)(C)C)CC2)c2ccccc21. The number of carbonyl (C=O) groups excluding carboxylic acids is 1. The lowest BCUT2D eigenvalue weighted by Gasteiger charge is -2.47. The van der Waals surface area contributed by atoms with Crippen LogP contribution in [-0.2, 0) is 14.9 Å². The average Bonchev–Trinajstić information content (AvgIpc) is 2.70. The maximum Gasteiger partial charge on any atom is 0.222 e. The molecular formula is C25H40N2O2. The first-order valence-electron chi connectivity index (χ1n) is 11.5. The number of amides is 1. The molecule has 1 heterocycles. The first kappa shape index (κ1) is 22.3. The Balaban J connectivity index is 1.64. The molecule has 0 bridgehead atoms. The third kappa shape index (κ3) is 5.82. The molecule has 1 spiro atoms. The number of nitrogens with one attached hydrogen (secondary N) is 1. The number of hydrogen-bond acceptors (Lipinski definition) is 3. The van der Waals surface area contributed by atoms with Crippen LogP contribution in [0.15, 0.2) is 24.3 Å². The van der Waals surface area contributed by atoms with E-state index in [1.54, 1.807) is 0 Å². The lowest BCUT2D eigenvalue weighted by atomic mass is 9.63. The molecule has 1 aliphatic carbocycles. The van der Waals surface area contributed by atoms with Crippen molar-refractivity contribution < 1.29 is 9.53 Å². The largest absolute Gasteiger partial charge is 0.381 e. The van der Waals surface area contributed by atoms with E-state index in [-0.39, 0.29) is 11.9 Å². The van der Waals surface area contributed by atoms with Crippen molar-refractivity contribution in [1.29, 1.82) is 0 Å². The predicted octanol–water partition coefficient (Wildman–Crippen LogP) is 4.83. The Morgan fingerprint density at radius 2 is 1.93 bits per heavy atom. The molecule has 1 aliphatic heterocycles. The van der Waals surface area contributed by atoms with E-state index in [1.807, 2.05) is 6.92 Å². The summed E-state index contributed by atoms with van der Waals surface area (Å²) in [5.74, 6) is 0.103. The van der Waals surface area contributed by atoms with Gasteiger partial charge in [-0.15, -0.1) is 0 Å². The summed E-state index contributed by atoms with van der Waals surface area (Å²) in [7, 11) is 0. The highest BCUT2D eigenvalue weighted by atomic mass is 16.5. The molecule has 1 atom stereocenters. The van der Waals surface area contributed by atoms with E-state index in [0.717, 1.165) is 6.42 Å². The molecule has 4 heteroatoms. The highest BCUT2D eigenvalue weighted by Crippen LogP contribution is 2.48. The number of benzene rings is 1. The van der Waals surface area contributed by atoms with Crippen molar-refractivity contribution in [3.63, 3.8) is 0 Å². The van der Waals surface area contributed by atoms with E-state index in [4.69, 9.17) is 4.74 Å². The quantitative estimate of drug-likeness (QED) is 0.666. The van der Waals surface area contributed by atoms with Gasteiger partial charge in [0.15, 0.2) is 0 Å². The molecule has 162 valence electrons. The van der Waals surface area contributed by atoms with Crippen molar-refractivity contribution in [2.24, 2.45) is 5.41 Å². The summed E-state index contributed by atoms with van der Waals surface area (Å²) in [5.41, 5.74) is 3.52. The van der Waals surface area contributed by atoms with Gasteiger partial charge in [-0.2, -0.15) is 0 Å². The normalized spacial score (nSPS) is 21.7. The van der Waals surface area contributed by atoms with Gasteiger partial charge in [0.2, 0.25) is 5.91 Å². The van der Waals surface area contributed by atoms with Crippen LogP contribution in [0.4, 0.5) is 0 Å². The van der Waals surface area contributed by atoms with Gasteiger partial charge in [-0.3, -0.25) is 4.79 Å². The van der Waals surface area contributed by atoms with Crippen LogP contribution in [0.25, 0.3) is 0 Å². The van der Waals surface area contributed by atoms with Crippen LogP contribution >= 0.6 is 0 Å². The zero-order valence-electron chi connectivity index (χ0n) is 18.9. The average molecular weight is 401 g/mol. The first-order valence-corrected chi connectivity index (χ1v) is 11.5. The van der Waals surface area contributed by atoms with E-state index >= 15 is 0 Å². The van der Waals surface area contributed by atoms with Gasteiger partial charge in [0, 0.05) is 13.0 Å². The zero-order chi connectivity index (χ0) is 20.9. The third-order valence-corrected chi connectivity index (χ3v) is 6.82. The summed E-state index contributed by atoms with van der Waals surface area (Å²) in [5, 5.41) is 3.27. The maximum absolute atomic E-state index is 12.4. The lowest BCUT2D eigenvalue weighted by Crippen LogP contribution is -2.46. The molecule has 0 aromatic heterocycles. The van der Waals surface area contributed by atoms with Gasteiger partial charge in [-0.1, -0.05) is 45.0 Å². The fraction of sp³-hybridized carbons (Fsp3) is 0.720. The molecule has 29 heavy (non-hydrogen) atoms. The van der Waals surface area contributed by atoms with Gasteiger partial charge in [0.1, 0.15) is 0 Å². The molecule has 1 amide bonds. The van der Waals surface area contributed by atoms with Crippen molar-refractivity contribution in [2.45, 2.75) is 77.7 Å². The number of hydrogen-bond donors (Lipinski definition) is 1. The lowest BCUT2D eigenvalue weighted by molar-refractivity contribution is -0.123. The Morgan fingerprint density at radius 1 is 1.21 bits per heavy atom. The van der Waals surface area contributed by atoms with Crippen LogP contribution in [0, 0.1) is 5.41 Å². The number of likely N-dealkylation sites (tertiary alicyclic amines) is 1. The fourth-order valence-electron chi connectivity index (χ4n) is 4.94. The molecule has 4 nitrogen and oxygen atoms in total. The van der Waals surface area contributed by atoms with Gasteiger partial charge in [0.25, 0.3) is 0 Å². The minimum atomic E-state index is 0.103. The van der Waals surface area contributed by atoms with Gasteiger partial charge >= 0.3 is 0 Å². The molecule has 0 unspecified atom stereocenters. The van der Waals surface area contributed by atoms with Gasteiger partial charge in [-0.05, 0) is 80.6 Å². The standard InChI is InChI=1S/C25H40N2O2/c1-5-29-19-11-23(28)26-22-10-12-25(21-9-7-6-8-20(21)22)14-17-27(18-15-25)16-13-24(2,3)4/h6-9,22H,5,10-19H2,1-4H3,(H,26,28)/t22-/m1/s1. The Hall–Kier alpha value is -1.39. The second kappa shape index (κ2) is 9.61. The molecule has 0 saturated carbocycles. The highest BCUT2D eigenvalue weighted by molar-refractivity contribution is 5.76. The Bertz CT molecular complexity index is 672. The van der Waals surface area contributed by atoms with Crippen LogP contribution in [0.3, 0.4) is 0 Å². The summed E-state index contributed by atoms with van der Waals surface area (Å²) in [6.07, 6.45) is 6.39. The van der Waals surface area contributed by atoms with Gasteiger partial charge < -0.3 is 15.0 Å². The van der Waals surface area contributed by atoms with E-state index in [0.29, 0.717) is 30.5 Å². The second-order valence-corrected chi connectivity index (χ2v) is 10.1. The van der Waals surface area contributed by atoms with Crippen LogP contribution in [0.5, 0.6) is 0 Å². The van der Waals surface area contributed by atoms with E-state index in [2.05, 4.69) is 55.3 Å². The first-order chi connectivity index (χ1) is 13.8. The van der Waals surface area contributed by atoms with Crippen molar-refractivity contribution >= 4 is 5.91 Å². The number of fused-ring (bicyclic) bond motifs is 2. The second-order valence-electron chi connectivity index (χ2n) is 10.1. The Labute approximate surface area is 177 Å². The highest BCUT2D eigenvalue weighted by Gasteiger charge is 2.42. The van der Waals surface area contributed by atoms with Crippen molar-refractivity contribution in [1.82, 2.24) is 10.2 Å². The smallest absolute Gasteiger partial charge is 0.222 e. The Morgan fingerprint density at radius 3 is 2.62 bits per heavy atom. The fourth-order valence-corrected chi connectivity index (χ4v) is 4.94. The minimum Gasteiger partial charge on any atom is -0.381 e. The van der Waals surface area contributed by atoms with E-state index in [1.165, 1.54) is 56.4 Å². The van der Waals surface area contributed by atoms with Crippen LogP contribution < -0.4 is 5.32 Å². The summed E-state index contributed by atoms with van der Waals surface area (Å²) in [6.45, 7) is 13.7. The number of rotatable bonds is 7. The van der Waals surface area contributed by atoms with E-state index in [9.17, 15) is 4.79 Å². The van der Waals surface area contributed by atoms with Crippen molar-refractivity contribution in [3.05, 3.63) is 35.4 Å². The molecular weight excluding hydrogens is 360 g/mol. The van der Waals surface area contributed by atoms with Gasteiger partial charge in [-0.25, -0.2) is 0 Å². The maximum atomic E-state index is 12.4. The molecule has 1 aromatic rings. The summed E-state index contributed by atoms with van der Waals surface area (Å²) >= 11 is 0. The molecule has 2 aliphatic rings. The molecule has 1 fully saturated rings. The molecule has 1 aromatic carbocycles. The van der Waals surface area contributed by atoms with Gasteiger partial charge in [0.05, 0.1) is 12.6 Å². The molecule has 1 N–H and O–H groups in total. The van der Waals surface area contributed by atoms with Crippen LogP contribution in [0.1, 0.15) is 83.4 Å². The van der Waals surface area contributed by atoms with Crippen LogP contribution in [-0.4, -0.2) is 43.7 Å². The number of piperidine rings is 1. The summed E-state index contributed by atoms with van der Waals surface area (Å²) in [4.78, 5) is 15.0. The third-order valence-electron chi connectivity index (χ3n) is 6.82.